The third-order valence-electron chi connectivity index (χ3n) is 6.57. The quantitative estimate of drug-likeness (QED) is 0.295. The van der Waals surface area contributed by atoms with E-state index < -0.39 is 22.7 Å². The van der Waals surface area contributed by atoms with Crippen molar-refractivity contribution in [3.8, 4) is 18.1 Å². The van der Waals surface area contributed by atoms with Gasteiger partial charge in [-0.15, -0.1) is 11.5 Å². The smallest absolute Gasteiger partial charge is 0.328 e. The zero-order valence-corrected chi connectivity index (χ0v) is 20.2. The second-order valence-electron chi connectivity index (χ2n) is 9.23. The minimum atomic E-state index is -1.34. The molecule has 0 spiro atoms. The average molecular weight is 496 g/mol. The summed E-state index contributed by atoms with van der Waals surface area (Å²) in [5.74, 6) is 2.68. The average Bonchev–Trinajstić information content (AvgIpc) is 3.62. The number of ether oxygens (including phenoxy) is 1. The van der Waals surface area contributed by atoms with E-state index in [0.717, 1.165) is 12.8 Å². The van der Waals surface area contributed by atoms with E-state index in [-0.39, 0.29) is 12.3 Å². The maximum Gasteiger partial charge on any atom is 0.328 e. The second kappa shape index (κ2) is 10.9. The number of H-pyrrole nitrogens is 1. The number of unbranched alkanes of at least 4 members (excludes halogenated alkanes) is 1. The van der Waals surface area contributed by atoms with Crippen molar-refractivity contribution >= 4 is 0 Å². The molecule has 1 atom stereocenters. The number of aromatic nitrogens is 5. The van der Waals surface area contributed by atoms with Gasteiger partial charge in [-0.3, -0.25) is 9.78 Å². The fraction of sp³-hybridized carbons (Fsp3) is 0.462. The van der Waals surface area contributed by atoms with Gasteiger partial charge in [-0.1, -0.05) is 18.2 Å². The SMILES string of the molecule is C#Cc1nnn(C[C@](O)(CC)c2ccc(F)c(OCC3CC3)c2)c1CCCCn1ccc(=O)[nH]c1=O. The first kappa shape index (κ1) is 25.4. The summed E-state index contributed by atoms with van der Waals surface area (Å²) in [6.07, 6.45) is 11.5. The van der Waals surface area contributed by atoms with Crippen LogP contribution in [0.25, 0.3) is 0 Å². The summed E-state index contributed by atoms with van der Waals surface area (Å²) >= 11 is 0. The van der Waals surface area contributed by atoms with Gasteiger partial charge in [-0.05, 0) is 68.1 Å². The van der Waals surface area contributed by atoms with Gasteiger partial charge in [-0.25, -0.2) is 13.9 Å². The number of nitrogens with zero attached hydrogens (tertiary/aromatic N) is 4. The number of aryl methyl sites for hydroxylation is 1. The fourth-order valence-corrected chi connectivity index (χ4v) is 4.06. The van der Waals surface area contributed by atoms with Crippen molar-refractivity contribution in [3.63, 3.8) is 0 Å². The van der Waals surface area contributed by atoms with Crippen LogP contribution in [0.3, 0.4) is 0 Å². The van der Waals surface area contributed by atoms with Crippen LogP contribution in [-0.4, -0.2) is 36.3 Å². The molecule has 1 aliphatic carbocycles. The van der Waals surface area contributed by atoms with E-state index in [1.54, 1.807) is 16.8 Å². The van der Waals surface area contributed by atoms with Gasteiger partial charge in [0, 0.05) is 18.8 Å². The highest BCUT2D eigenvalue weighted by molar-refractivity contribution is 5.34. The van der Waals surface area contributed by atoms with E-state index in [9.17, 15) is 19.1 Å². The maximum absolute atomic E-state index is 14.3. The van der Waals surface area contributed by atoms with Gasteiger partial charge in [-0.2, -0.15) is 0 Å². The van der Waals surface area contributed by atoms with Gasteiger partial charge in [0.1, 0.15) is 5.60 Å². The highest BCUT2D eigenvalue weighted by atomic mass is 19.1. The standard InChI is InChI=1S/C26H30FN5O4/c1-3-21-22(7-5-6-13-31-14-12-24(33)28-25(31)34)32(30-29-21)17-26(35,4-2)19-10-11-20(27)23(15-19)36-16-18-8-9-18/h1,10-12,14-15,18,35H,4-9,13,16-17H2,2H3,(H,28,33,34)/t26-/m1/s1. The molecule has 2 heterocycles. The third kappa shape index (κ3) is 5.91. The Morgan fingerprint density at radius 2 is 2.11 bits per heavy atom. The maximum atomic E-state index is 14.3. The molecule has 9 nitrogen and oxygen atoms in total. The largest absolute Gasteiger partial charge is 0.490 e. The Kier molecular flexibility index (Phi) is 7.70. The minimum absolute atomic E-state index is 0.0839. The van der Waals surface area contributed by atoms with Gasteiger partial charge < -0.3 is 14.4 Å². The van der Waals surface area contributed by atoms with Gasteiger partial charge in [0.15, 0.2) is 17.3 Å². The van der Waals surface area contributed by atoms with Crippen LogP contribution in [0.1, 0.15) is 56.0 Å². The van der Waals surface area contributed by atoms with Crippen LogP contribution in [0, 0.1) is 24.1 Å². The molecule has 3 aromatic rings. The Morgan fingerprint density at radius 1 is 1.31 bits per heavy atom. The minimum Gasteiger partial charge on any atom is -0.490 e. The number of hydrogen-bond acceptors (Lipinski definition) is 6. The zero-order valence-electron chi connectivity index (χ0n) is 20.2. The number of nitrogens with one attached hydrogen (secondary N) is 1. The van der Waals surface area contributed by atoms with Gasteiger partial charge in [0.05, 0.1) is 18.8 Å². The molecular formula is C26H30FN5O4. The first-order valence-corrected chi connectivity index (χ1v) is 12.2. The molecule has 1 saturated carbocycles. The Hall–Kier alpha value is -3.71. The lowest BCUT2D eigenvalue weighted by molar-refractivity contribution is 0.00940. The van der Waals surface area contributed by atoms with Crippen molar-refractivity contribution in [1.82, 2.24) is 24.5 Å². The topological polar surface area (TPSA) is 115 Å². The molecule has 36 heavy (non-hydrogen) atoms. The molecule has 1 fully saturated rings. The van der Waals surface area contributed by atoms with E-state index in [0.29, 0.717) is 61.7 Å². The van der Waals surface area contributed by atoms with E-state index in [2.05, 4.69) is 21.2 Å². The predicted octanol–water partition coefficient (Wildman–Crippen LogP) is 2.36. The van der Waals surface area contributed by atoms with Crippen molar-refractivity contribution in [2.45, 2.75) is 64.1 Å². The molecule has 0 amide bonds. The van der Waals surface area contributed by atoms with Crippen LogP contribution in [-0.2, 0) is 25.1 Å². The van der Waals surface area contributed by atoms with E-state index in [4.69, 9.17) is 11.2 Å². The molecule has 2 N–H and O–H groups in total. The molecule has 10 heteroatoms. The van der Waals surface area contributed by atoms with E-state index in [1.165, 1.54) is 22.9 Å². The number of halogens is 1. The molecule has 4 rings (SSSR count). The summed E-state index contributed by atoms with van der Waals surface area (Å²) in [6.45, 7) is 2.82. The van der Waals surface area contributed by atoms with Crippen molar-refractivity contribution < 1.29 is 14.2 Å². The van der Waals surface area contributed by atoms with E-state index in [1.807, 2.05) is 6.92 Å². The normalized spacial score (nSPS) is 14.8. The Morgan fingerprint density at radius 3 is 2.81 bits per heavy atom. The number of benzene rings is 1. The first-order chi connectivity index (χ1) is 17.3. The lowest BCUT2D eigenvalue weighted by Crippen LogP contribution is -2.32. The summed E-state index contributed by atoms with van der Waals surface area (Å²) in [6, 6.07) is 5.73. The monoisotopic (exact) mass is 495 g/mol. The van der Waals surface area contributed by atoms with Crippen molar-refractivity contribution in [2.24, 2.45) is 5.92 Å². The van der Waals surface area contributed by atoms with Crippen LogP contribution in [0.5, 0.6) is 5.75 Å². The predicted molar refractivity (Wildman–Crippen MR) is 131 cm³/mol. The molecule has 0 saturated heterocycles. The summed E-state index contributed by atoms with van der Waals surface area (Å²) in [7, 11) is 0. The molecule has 0 radical (unpaired) electrons. The van der Waals surface area contributed by atoms with Crippen LogP contribution < -0.4 is 16.0 Å². The number of rotatable bonds is 12. The zero-order chi connectivity index (χ0) is 25.7. The lowest BCUT2D eigenvalue weighted by Gasteiger charge is -2.28. The fourth-order valence-electron chi connectivity index (χ4n) is 4.06. The number of aliphatic hydroxyl groups is 1. The molecule has 1 aliphatic rings. The van der Waals surface area contributed by atoms with Gasteiger partial charge in [0.25, 0.3) is 5.56 Å². The number of aromatic amines is 1. The summed E-state index contributed by atoms with van der Waals surface area (Å²) in [5.41, 5.74) is -0.614. The Bertz CT molecular complexity index is 1370. The van der Waals surface area contributed by atoms with Crippen molar-refractivity contribution in [1.29, 1.82) is 0 Å². The van der Waals surface area contributed by atoms with Crippen LogP contribution in [0.2, 0.25) is 0 Å². The Balaban J connectivity index is 1.47. The lowest BCUT2D eigenvalue weighted by atomic mass is 9.90. The first-order valence-electron chi connectivity index (χ1n) is 12.2. The second-order valence-corrected chi connectivity index (χ2v) is 9.23. The molecule has 190 valence electrons. The van der Waals surface area contributed by atoms with Crippen LogP contribution in [0.4, 0.5) is 4.39 Å². The highest BCUT2D eigenvalue weighted by Crippen LogP contribution is 2.34. The van der Waals surface area contributed by atoms with Crippen LogP contribution in [0.15, 0.2) is 40.1 Å². The van der Waals surface area contributed by atoms with Crippen LogP contribution >= 0.6 is 0 Å². The van der Waals surface area contributed by atoms with Gasteiger partial charge >= 0.3 is 5.69 Å². The Labute approximate surface area is 207 Å². The molecule has 0 bridgehead atoms. The molecule has 1 aromatic carbocycles. The molecule has 0 aliphatic heterocycles. The van der Waals surface area contributed by atoms with E-state index >= 15 is 0 Å². The summed E-state index contributed by atoms with van der Waals surface area (Å²) in [5, 5.41) is 19.8. The van der Waals surface area contributed by atoms with Crippen molar-refractivity contribution in [3.05, 3.63) is 74.1 Å². The molecule has 0 unspecified atom stereocenters. The highest BCUT2D eigenvalue weighted by Gasteiger charge is 2.31. The molecule has 2 aromatic heterocycles. The summed E-state index contributed by atoms with van der Waals surface area (Å²) in [4.78, 5) is 25.3. The number of hydrogen-bond donors (Lipinski definition) is 2. The third-order valence-corrected chi connectivity index (χ3v) is 6.57. The van der Waals surface area contributed by atoms with Gasteiger partial charge in [0.2, 0.25) is 0 Å². The number of terminal acetylenes is 1. The molecular weight excluding hydrogens is 465 g/mol. The summed E-state index contributed by atoms with van der Waals surface area (Å²) < 4.78 is 23.0. The van der Waals surface area contributed by atoms with Crippen molar-refractivity contribution in [2.75, 3.05) is 6.61 Å².